The third-order valence-electron chi connectivity index (χ3n) is 27.8. The standard InChI is InChI=1S/C28H40N4O3.C23H32N4O.C19H27N3O3.C10H13NO2.C9H10ClNO.C9H11NO2.C8H9NO2.C7H7NO2.ClH/c1-27(2,3)34-26(33)32(23-17-22(23)19-9-7-6-8-10-19)18-28(15-16-28)25-29-24(35-30-25)20-11-13-21(14-12-20)31(4)5;1-27(2)18-10-8-17(9-11-18)21-25-22(26-28-21)23(12-13-23)15-24-20-14-19(20)16-6-4-3-5-7-16;1-18(2,3)25-17(23)22(12-19(9-10-19)16(20)21-24)15-11-14(15)13-7-5-4-6-8-13;1-11(2)9-6-4-8(5-7-9)10(12)13-3;1-11(2)8-5-3-7(4-6-8)9(10)12;1-10(2)8-5-3-7(4-6-8)9(11)12;1-11-8(10)6-2-4-7(9)5-3-6;8-6-3-1-5(2-4-6)7(9)10;/h6-10,20-23H,11-18H2,1-5H3;3-7,17-20,24H,8-15H2,1-2H3;4-8,14-15,24H,9-12H2,1-3H3,(H2,20,21);4-7H,1-3H3;3-6H,1-2H3;3-6H,1-2H3,(H,11,12);2-5H,9H2,1H3;1-4H,8H2,(H,9,10);1H/t20?,21?,22?,23-;17?,18?,19?,20-;14?,15-;;;;;;/m000....../s1. The topological polar surface area (TPSA) is 420 Å². The molecule has 18 rings (SSSR count). The van der Waals surface area contributed by atoms with Gasteiger partial charge in [0.2, 0.25) is 11.8 Å². The normalized spacial score (nSPS) is 20.3. The molecule has 792 valence electrons. The summed E-state index contributed by atoms with van der Waals surface area (Å²) in [5, 5.41) is 41.5. The van der Waals surface area contributed by atoms with Crippen LogP contribution in [0.4, 0.5) is 38.0 Å². The Balaban J connectivity index is 0.000000180. The molecule has 0 bridgehead atoms. The Kier molecular flexibility index (Phi) is 41.3. The van der Waals surface area contributed by atoms with Crippen molar-refractivity contribution in [1.29, 1.82) is 0 Å². The van der Waals surface area contributed by atoms with Gasteiger partial charge < -0.3 is 100 Å². The van der Waals surface area contributed by atoms with Crippen LogP contribution < -0.4 is 37.2 Å². The van der Waals surface area contributed by atoms with Crippen LogP contribution in [0.2, 0.25) is 0 Å². The molecule has 2 heterocycles. The molecule has 6 atom stereocenters. The van der Waals surface area contributed by atoms with Crippen molar-refractivity contribution >= 4 is 99.6 Å². The van der Waals surface area contributed by atoms with Gasteiger partial charge in [0.25, 0.3) is 5.24 Å². The average molecular weight is 2060 g/mol. The molecule has 8 saturated carbocycles. The predicted octanol–water partition coefficient (Wildman–Crippen LogP) is 20.2. The molecule has 8 fully saturated rings. The SMILES string of the molecule is CC(C)(C)OC(=O)N(CC1(C(N)=NO)CC1)[C@H]1CC1c1ccccc1.CN(C)C1CCC(c2nc(C3(CN(C(=O)OC(C)(C)C)[C@H]4CC4c4ccccc4)CC3)no2)CC1.CN(C)C1CCC(c2nc(C3(CN[C@H]4CC4c4ccccc4)CC3)no2)CC1.CN(C)c1ccc(C(=O)Cl)cc1.CN(C)c1ccc(C(=O)O)cc1.COC(=O)c1ccc(N(C)C)cc1.COC(=O)c1ccc(N)cc1.Cl.Nc1ccc(C(=O)O)cc1. The molecule has 0 aliphatic heterocycles. The molecule has 10 N–H and O–H groups in total. The number of nitrogen functional groups attached to an aromatic ring is 2. The number of nitrogens with zero attached hydrogens (tertiary/aromatic N) is 12. The number of halogens is 2. The minimum Gasteiger partial charge on any atom is -0.478 e. The molecule has 0 radical (unpaired) electrons. The summed E-state index contributed by atoms with van der Waals surface area (Å²) < 4.78 is 32.1. The minimum atomic E-state index is -0.931. The van der Waals surface area contributed by atoms with E-state index in [0.717, 1.165) is 124 Å². The van der Waals surface area contributed by atoms with Crippen molar-refractivity contribution in [3.05, 3.63) is 280 Å². The van der Waals surface area contributed by atoms with E-state index in [-0.39, 0.29) is 70.8 Å². The highest BCUT2D eigenvalue weighted by atomic mass is 35.5. The number of rotatable bonds is 27. The van der Waals surface area contributed by atoms with Gasteiger partial charge in [-0.3, -0.25) is 4.79 Å². The fourth-order valence-electron chi connectivity index (χ4n) is 18.0. The lowest BCUT2D eigenvalue weighted by molar-refractivity contribution is 0.0197. The highest BCUT2D eigenvalue weighted by Crippen LogP contribution is 2.55. The van der Waals surface area contributed by atoms with Crippen LogP contribution in [0.25, 0.3) is 0 Å². The van der Waals surface area contributed by atoms with Gasteiger partial charge in [0, 0.05) is 167 Å². The first-order chi connectivity index (χ1) is 69.4. The smallest absolute Gasteiger partial charge is 0.410 e. The third-order valence-corrected chi connectivity index (χ3v) is 28.0. The van der Waals surface area contributed by atoms with Crippen molar-refractivity contribution in [3.63, 3.8) is 0 Å². The molecule has 10 aromatic rings. The number of benzene rings is 8. The van der Waals surface area contributed by atoms with E-state index in [1.54, 1.807) is 89.8 Å². The lowest BCUT2D eigenvalue weighted by Crippen LogP contribution is -2.45. The maximum Gasteiger partial charge on any atom is 0.410 e. The summed E-state index contributed by atoms with van der Waals surface area (Å²) in [6, 6.07) is 67.5. The van der Waals surface area contributed by atoms with Gasteiger partial charge in [-0.1, -0.05) is 106 Å². The first-order valence-electron chi connectivity index (χ1n) is 50.1. The van der Waals surface area contributed by atoms with Crippen molar-refractivity contribution < 1.29 is 77.0 Å². The van der Waals surface area contributed by atoms with Crippen LogP contribution in [-0.2, 0) is 29.8 Å². The Morgan fingerprint density at radius 1 is 0.442 bits per heavy atom. The van der Waals surface area contributed by atoms with Gasteiger partial charge in [0.15, 0.2) is 11.6 Å². The number of hydrogen-bond donors (Lipinski definition) is 7. The first kappa shape index (κ1) is 116. The van der Waals surface area contributed by atoms with Gasteiger partial charge in [-0.05, 0) is 329 Å². The van der Waals surface area contributed by atoms with Gasteiger partial charge in [-0.15, -0.1) is 12.4 Å². The number of nitrogens with two attached hydrogens (primary N) is 3. The number of hydrogen-bond acceptors (Lipinski definition) is 27. The number of nitrogens with one attached hydrogen (secondary N) is 1. The Labute approximate surface area is 876 Å². The summed E-state index contributed by atoms with van der Waals surface area (Å²) in [6.07, 6.45) is 17.8. The number of carbonyl (C=O) groups excluding carboxylic acids is 5. The average Bonchev–Trinajstić information content (AvgIpc) is 1.60. The zero-order chi connectivity index (χ0) is 106. The van der Waals surface area contributed by atoms with E-state index in [2.05, 4.69) is 135 Å². The predicted molar refractivity (Wildman–Crippen MR) is 578 cm³/mol. The van der Waals surface area contributed by atoms with Crippen molar-refractivity contribution in [3.8, 4) is 0 Å². The number of amides is 2. The highest BCUT2D eigenvalue weighted by molar-refractivity contribution is 6.67. The number of aromatic carboxylic acids is 2. The Morgan fingerprint density at radius 2 is 0.769 bits per heavy atom. The Hall–Kier alpha value is -13.1. The van der Waals surface area contributed by atoms with Gasteiger partial charge in [-0.25, -0.2) is 28.8 Å². The zero-order valence-electron chi connectivity index (χ0n) is 88.2. The maximum atomic E-state index is 13.3. The summed E-state index contributed by atoms with van der Waals surface area (Å²) in [4.78, 5) is 104. The maximum absolute atomic E-state index is 13.3. The van der Waals surface area contributed by atoms with Crippen molar-refractivity contribution in [1.82, 2.24) is 45.2 Å². The molecule has 32 nitrogen and oxygen atoms in total. The minimum absolute atomic E-state index is 0. The molecule has 34 heteroatoms. The number of esters is 2. The van der Waals surface area contributed by atoms with Crippen LogP contribution in [0.5, 0.6) is 0 Å². The summed E-state index contributed by atoms with van der Waals surface area (Å²) >= 11 is 5.28. The molecule has 8 aromatic carbocycles. The number of amidine groups is 1. The quantitative estimate of drug-likeness (QED) is 0.00367. The monoisotopic (exact) mass is 2060 g/mol. The fourth-order valence-corrected chi connectivity index (χ4v) is 18.1. The number of oxime groups is 1. The molecule has 8 aliphatic rings. The van der Waals surface area contributed by atoms with Crippen LogP contribution in [0.3, 0.4) is 0 Å². The van der Waals surface area contributed by atoms with E-state index >= 15 is 0 Å². The highest BCUT2D eigenvalue weighted by Gasteiger charge is 2.57. The molecule has 2 amide bonds. The lowest BCUT2D eigenvalue weighted by Gasteiger charge is -2.31. The number of ether oxygens (including phenoxy) is 4. The Bertz CT molecular complexity index is 5820. The second-order valence-electron chi connectivity index (χ2n) is 42.2. The number of methoxy groups -OCH3 is 2. The van der Waals surface area contributed by atoms with E-state index in [0.29, 0.717) is 94.4 Å². The summed E-state index contributed by atoms with van der Waals surface area (Å²) in [7, 11) is 23.0. The molecule has 0 saturated heterocycles. The van der Waals surface area contributed by atoms with Gasteiger partial charge >= 0.3 is 36.1 Å². The van der Waals surface area contributed by atoms with E-state index in [4.69, 9.17) is 72.7 Å². The molecule has 8 aliphatic carbocycles. The molecule has 147 heavy (non-hydrogen) atoms. The molecule has 2 aromatic heterocycles. The van der Waals surface area contributed by atoms with Gasteiger partial charge in [0.1, 0.15) is 17.0 Å². The van der Waals surface area contributed by atoms with Crippen molar-refractivity contribution in [2.24, 2.45) is 16.3 Å². The van der Waals surface area contributed by atoms with Crippen molar-refractivity contribution in [2.75, 3.05) is 130 Å². The van der Waals surface area contributed by atoms with Crippen LogP contribution in [0.15, 0.2) is 227 Å². The van der Waals surface area contributed by atoms with Crippen LogP contribution in [0, 0.1) is 5.41 Å². The number of carboxylic acids is 2. The number of carboxylic acid groups (broad SMARTS) is 2. The summed E-state index contributed by atoms with van der Waals surface area (Å²) in [6.45, 7) is 13.4. The Morgan fingerprint density at radius 3 is 1.08 bits per heavy atom. The van der Waals surface area contributed by atoms with Gasteiger partial charge in [-0.2, -0.15) is 9.97 Å². The molecular weight excluding hydrogens is 1910 g/mol. The summed E-state index contributed by atoms with van der Waals surface area (Å²) in [5.74, 6) is 3.26. The summed E-state index contributed by atoms with van der Waals surface area (Å²) in [5.41, 5.74) is 25.5. The van der Waals surface area contributed by atoms with Crippen LogP contribution in [0.1, 0.15) is 272 Å². The third kappa shape index (κ3) is 34.2. The first-order valence-corrected chi connectivity index (χ1v) is 50.5. The number of anilines is 5. The second kappa shape index (κ2) is 52.5. The van der Waals surface area contributed by atoms with Crippen LogP contribution in [-0.4, -0.2) is 248 Å². The van der Waals surface area contributed by atoms with Gasteiger partial charge in [0.05, 0.1) is 41.9 Å². The largest absolute Gasteiger partial charge is 0.478 e. The second-order valence-corrected chi connectivity index (χ2v) is 42.6. The molecule has 0 spiro atoms. The number of carbonyl (C=O) groups is 7. The van der Waals surface area contributed by atoms with E-state index in [9.17, 15) is 33.6 Å². The van der Waals surface area contributed by atoms with E-state index in [1.165, 1.54) is 75.1 Å². The number of aromatic nitrogens is 4. The van der Waals surface area contributed by atoms with E-state index in [1.807, 2.05) is 152 Å². The van der Waals surface area contributed by atoms with Crippen LogP contribution >= 0.6 is 24.0 Å². The molecular formula is C113H150Cl2N16O16. The van der Waals surface area contributed by atoms with Crippen molar-refractivity contribution in [2.45, 2.75) is 233 Å². The van der Waals surface area contributed by atoms with E-state index < -0.39 is 33.8 Å². The zero-order valence-corrected chi connectivity index (χ0v) is 89.7. The fraction of sp³-hybridized carbons (Fsp3) is 0.469. The lowest BCUT2D eigenvalue weighted by atomic mass is 9.85. The molecule has 3 unspecified atom stereocenters.